The molecule has 1 heterocycles. The molecule has 0 saturated heterocycles. The lowest BCUT2D eigenvalue weighted by Crippen LogP contribution is -2.36. The van der Waals surface area contributed by atoms with Gasteiger partial charge >= 0.3 is 0 Å². The Morgan fingerprint density at radius 3 is 2.15 bits per heavy atom. The second-order valence-electron chi connectivity index (χ2n) is 9.56. The predicted molar refractivity (Wildman–Crippen MR) is 158 cm³/mol. The minimum atomic E-state index is -0.474. The van der Waals surface area contributed by atoms with Crippen LogP contribution in [0, 0.1) is 0 Å². The van der Waals surface area contributed by atoms with Crippen LogP contribution < -0.4 is 16.2 Å². The Morgan fingerprint density at radius 1 is 0.775 bits per heavy atom. The summed E-state index contributed by atoms with van der Waals surface area (Å²) in [5, 5.41) is 5.66. The molecule has 5 rings (SSSR count). The van der Waals surface area contributed by atoms with E-state index in [1.54, 1.807) is 53.8 Å². The summed E-state index contributed by atoms with van der Waals surface area (Å²) in [7, 11) is 1.69. The largest absolute Gasteiger partial charge is 0.319 e. The Bertz CT molecular complexity index is 1710. The van der Waals surface area contributed by atoms with Crippen molar-refractivity contribution in [3.63, 3.8) is 0 Å². The van der Waals surface area contributed by atoms with E-state index in [0.717, 1.165) is 22.4 Å². The molecule has 40 heavy (non-hydrogen) atoms. The molecule has 0 aliphatic carbocycles. The summed E-state index contributed by atoms with van der Waals surface area (Å²) in [5.74, 6) is -0.396. The summed E-state index contributed by atoms with van der Waals surface area (Å²) in [6, 6.07) is 33.8. The van der Waals surface area contributed by atoms with Gasteiger partial charge in [-0.2, -0.15) is 0 Å². The summed E-state index contributed by atoms with van der Waals surface area (Å²) in [6.07, 6.45) is 1.64. The zero-order chi connectivity index (χ0) is 28.1. The smallest absolute Gasteiger partial charge is 0.291 e. The van der Waals surface area contributed by atoms with E-state index < -0.39 is 6.04 Å². The highest BCUT2D eigenvalue weighted by Gasteiger charge is 2.19. The molecule has 7 nitrogen and oxygen atoms in total. The minimum Gasteiger partial charge on any atom is -0.319 e. The first-order valence-electron chi connectivity index (χ1n) is 13.1. The quantitative estimate of drug-likeness (QED) is 0.259. The van der Waals surface area contributed by atoms with Crippen molar-refractivity contribution in [3.8, 4) is 16.8 Å². The standard InChI is InChI=1S/C33H30N4O3/c1-23(34-2)32(39)35-30-22-36(29-18-10-16-27(20-29)25-12-5-3-6-13-25)37(33(30)40)21-24-11-9-17-28(19-24)31(38)26-14-7-4-8-15-26/h3-20,22-23,34H,21H2,1-2H3,(H,35,39). The maximum absolute atomic E-state index is 13.6. The molecule has 0 bridgehead atoms. The van der Waals surface area contributed by atoms with Gasteiger partial charge in [-0.25, -0.2) is 4.68 Å². The van der Waals surface area contributed by atoms with Crippen molar-refractivity contribution in [2.75, 3.05) is 12.4 Å². The van der Waals surface area contributed by atoms with Gasteiger partial charge in [-0.3, -0.25) is 19.1 Å². The molecular weight excluding hydrogens is 500 g/mol. The number of benzene rings is 4. The number of amides is 1. The summed E-state index contributed by atoms with van der Waals surface area (Å²) in [4.78, 5) is 39.4. The predicted octanol–water partition coefficient (Wildman–Crippen LogP) is 5.13. The van der Waals surface area contributed by atoms with Crippen LogP contribution in [-0.2, 0) is 11.3 Å². The monoisotopic (exact) mass is 530 g/mol. The second-order valence-corrected chi connectivity index (χ2v) is 9.56. The molecule has 1 amide bonds. The first kappa shape index (κ1) is 26.6. The SMILES string of the molecule is CNC(C)C(=O)Nc1cn(-c2cccc(-c3ccccc3)c2)n(Cc2cccc(C(=O)c3ccccc3)c2)c1=O. The number of likely N-dealkylation sites (N-methyl/N-ethyl adjacent to an activating group) is 1. The molecule has 0 spiro atoms. The van der Waals surface area contributed by atoms with Gasteiger partial charge in [-0.15, -0.1) is 0 Å². The van der Waals surface area contributed by atoms with Gasteiger partial charge in [0.1, 0.15) is 5.69 Å². The molecule has 1 unspecified atom stereocenters. The summed E-state index contributed by atoms with van der Waals surface area (Å²) < 4.78 is 3.32. The lowest BCUT2D eigenvalue weighted by atomic mass is 10.0. The molecule has 2 N–H and O–H groups in total. The van der Waals surface area contributed by atoms with Gasteiger partial charge in [0.05, 0.1) is 24.5 Å². The van der Waals surface area contributed by atoms with Gasteiger partial charge in [-0.1, -0.05) is 91.0 Å². The lowest BCUT2D eigenvalue weighted by molar-refractivity contribution is -0.117. The van der Waals surface area contributed by atoms with Crippen LogP contribution in [0.4, 0.5) is 5.69 Å². The lowest BCUT2D eigenvalue weighted by Gasteiger charge is -2.14. The third-order valence-electron chi connectivity index (χ3n) is 6.84. The number of aromatic nitrogens is 2. The average Bonchev–Trinajstić information content (AvgIpc) is 3.31. The fourth-order valence-corrected chi connectivity index (χ4v) is 4.50. The topological polar surface area (TPSA) is 85.1 Å². The number of anilines is 1. The van der Waals surface area contributed by atoms with Crippen LogP contribution in [0.5, 0.6) is 0 Å². The van der Waals surface area contributed by atoms with Crippen LogP contribution in [0.1, 0.15) is 28.4 Å². The highest BCUT2D eigenvalue weighted by Crippen LogP contribution is 2.23. The molecule has 0 fully saturated rings. The molecule has 0 radical (unpaired) electrons. The van der Waals surface area contributed by atoms with E-state index in [1.165, 1.54) is 0 Å². The van der Waals surface area contributed by atoms with E-state index in [2.05, 4.69) is 10.6 Å². The number of nitrogens with zero attached hydrogens (tertiary/aromatic N) is 2. The van der Waals surface area contributed by atoms with Crippen molar-refractivity contribution in [1.82, 2.24) is 14.7 Å². The Morgan fingerprint density at radius 2 is 1.43 bits per heavy atom. The molecule has 1 atom stereocenters. The van der Waals surface area contributed by atoms with Crippen LogP contribution in [0.15, 0.2) is 120 Å². The number of nitrogens with one attached hydrogen (secondary N) is 2. The molecule has 200 valence electrons. The van der Waals surface area contributed by atoms with E-state index in [9.17, 15) is 14.4 Å². The highest BCUT2D eigenvalue weighted by molar-refractivity contribution is 6.09. The summed E-state index contributed by atoms with van der Waals surface area (Å²) in [6.45, 7) is 1.92. The van der Waals surface area contributed by atoms with E-state index >= 15 is 0 Å². The molecule has 0 saturated carbocycles. The normalized spacial score (nSPS) is 11.7. The van der Waals surface area contributed by atoms with E-state index in [-0.39, 0.29) is 29.5 Å². The van der Waals surface area contributed by atoms with Gasteiger partial charge in [0.15, 0.2) is 5.78 Å². The summed E-state index contributed by atoms with van der Waals surface area (Å²) >= 11 is 0. The number of carbonyl (C=O) groups excluding carboxylic acids is 2. The van der Waals surface area contributed by atoms with Crippen molar-refractivity contribution >= 4 is 17.4 Å². The minimum absolute atomic E-state index is 0.0882. The molecule has 5 aromatic rings. The van der Waals surface area contributed by atoms with Gasteiger partial charge in [0, 0.05) is 11.1 Å². The van der Waals surface area contributed by atoms with Crippen molar-refractivity contribution in [2.45, 2.75) is 19.5 Å². The molecule has 4 aromatic carbocycles. The Labute approximate surface area is 232 Å². The zero-order valence-electron chi connectivity index (χ0n) is 22.4. The molecule has 1 aromatic heterocycles. The van der Waals surface area contributed by atoms with Crippen LogP contribution >= 0.6 is 0 Å². The number of hydrogen-bond donors (Lipinski definition) is 2. The van der Waals surface area contributed by atoms with Crippen LogP contribution in [-0.4, -0.2) is 34.1 Å². The Balaban J connectivity index is 1.55. The number of ketones is 1. The maximum Gasteiger partial charge on any atom is 0.291 e. The third-order valence-corrected chi connectivity index (χ3v) is 6.84. The second kappa shape index (κ2) is 11.8. The van der Waals surface area contributed by atoms with Crippen LogP contribution in [0.3, 0.4) is 0 Å². The Hall–Kier alpha value is -5.01. The van der Waals surface area contributed by atoms with Crippen molar-refractivity contribution in [3.05, 3.63) is 142 Å². The number of carbonyl (C=O) groups is 2. The van der Waals surface area contributed by atoms with Crippen molar-refractivity contribution in [1.29, 1.82) is 0 Å². The van der Waals surface area contributed by atoms with E-state index in [0.29, 0.717) is 11.1 Å². The Kier molecular flexibility index (Phi) is 7.84. The summed E-state index contributed by atoms with van der Waals surface area (Å²) in [5.41, 5.74) is 4.56. The molecule has 0 aliphatic rings. The van der Waals surface area contributed by atoms with E-state index in [4.69, 9.17) is 0 Å². The van der Waals surface area contributed by atoms with E-state index in [1.807, 2.05) is 84.9 Å². The number of rotatable bonds is 9. The van der Waals surface area contributed by atoms with Gasteiger partial charge in [0.25, 0.3) is 5.56 Å². The maximum atomic E-state index is 13.6. The van der Waals surface area contributed by atoms with Crippen LogP contribution in [0.25, 0.3) is 16.8 Å². The van der Waals surface area contributed by atoms with Crippen LogP contribution in [0.2, 0.25) is 0 Å². The third kappa shape index (κ3) is 5.70. The van der Waals surface area contributed by atoms with Crippen molar-refractivity contribution < 1.29 is 9.59 Å². The molecule has 7 heteroatoms. The first-order chi connectivity index (χ1) is 19.4. The fourth-order valence-electron chi connectivity index (χ4n) is 4.50. The van der Waals surface area contributed by atoms with Crippen molar-refractivity contribution in [2.24, 2.45) is 0 Å². The fraction of sp³-hybridized carbons (Fsp3) is 0.121. The average molecular weight is 531 g/mol. The zero-order valence-corrected chi connectivity index (χ0v) is 22.4. The molecular formula is C33H30N4O3. The van der Waals surface area contributed by atoms with Gasteiger partial charge < -0.3 is 10.6 Å². The first-order valence-corrected chi connectivity index (χ1v) is 13.1. The molecule has 0 aliphatic heterocycles. The number of hydrogen-bond acceptors (Lipinski definition) is 4. The van der Waals surface area contributed by atoms with Gasteiger partial charge in [-0.05, 0) is 48.9 Å². The van der Waals surface area contributed by atoms with Gasteiger partial charge in [0.2, 0.25) is 5.91 Å². The highest BCUT2D eigenvalue weighted by atomic mass is 16.2.